The van der Waals surface area contributed by atoms with Crippen molar-refractivity contribution < 1.29 is 9.53 Å². The summed E-state index contributed by atoms with van der Waals surface area (Å²) in [7, 11) is 0. The van der Waals surface area contributed by atoms with Crippen LogP contribution in [0.5, 0.6) is 0 Å². The van der Waals surface area contributed by atoms with E-state index in [2.05, 4.69) is 4.99 Å². The van der Waals surface area contributed by atoms with E-state index < -0.39 is 0 Å². The van der Waals surface area contributed by atoms with Crippen molar-refractivity contribution in [2.75, 3.05) is 19.7 Å². The monoisotopic (exact) mass is 224 g/mol. The average Bonchev–Trinajstić information content (AvgIpc) is 2.84. The standard InChI is InChI=1S/C12H20N2O2/c1-9(10-13-12(2,3)8-16-10)11(15)14-6-4-5-7-14/h9H,4-8H2,1-3H3. The van der Waals surface area contributed by atoms with E-state index in [1.807, 2.05) is 25.7 Å². The smallest absolute Gasteiger partial charge is 0.234 e. The molecule has 2 rings (SSSR count). The van der Waals surface area contributed by atoms with Crippen molar-refractivity contribution in [3.05, 3.63) is 0 Å². The molecule has 0 N–H and O–H groups in total. The molecule has 0 spiro atoms. The van der Waals surface area contributed by atoms with Crippen LogP contribution in [0.3, 0.4) is 0 Å². The van der Waals surface area contributed by atoms with Gasteiger partial charge in [0, 0.05) is 13.1 Å². The number of aliphatic imine (C=N–C) groups is 1. The number of ether oxygens (including phenoxy) is 1. The first kappa shape index (κ1) is 11.4. The molecular weight excluding hydrogens is 204 g/mol. The molecule has 1 unspecified atom stereocenters. The minimum Gasteiger partial charge on any atom is -0.478 e. The van der Waals surface area contributed by atoms with E-state index in [1.54, 1.807) is 0 Å². The Balaban J connectivity index is 2.02. The van der Waals surface area contributed by atoms with Gasteiger partial charge in [0.05, 0.1) is 5.54 Å². The highest BCUT2D eigenvalue weighted by atomic mass is 16.5. The maximum Gasteiger partial charge on any atom is 0.234 e. The zero-order valence-electron chi connectivity index (χ0n) is 10.3. The summed E-state index contributed by atoms with van der Waals surface area (Å²) in [5.74, 6) is 0.552. The largest absolute Gasteiger partial charge is 0.478 e. The van der Waals surface area contributed by atoms with Gasteiger partial charge in [-0.15, -0.1) is 0 Å². The number of likely N-dealkylation sites (tertiary alicyclic amines) is 1. The van der Waals surface area contributed by atoms with Gasteiger partial charge in [-0.3, -0.25) is 4.79 Å². The van der Waals surface area contributed by atoms with Crippen molar-refractivity contribution >= 4 is 11.8 Å². The molecule has 0 radical (unpaired) electrons. The molecule has 4 heteroatoms. The molecule has 1 saturated heterocycles. The number of nitrogens with zero attached hydrogens (tertiary/aromatic N) is 2. The van der Waals surface area contributed by atoms with Gasteiger partial charge < -0.3 is 9.64 Å². The van der Waals surface area contributed by atoms with E-state index in [0.29, 0.717) is 12.5 Å². The lowest BCUT2D eigenvalue weighted by atomic mass is 10.1. The topological polar surface area (TPSA) is 41.9 Å². The molecule has 0 aliphatic carbocycles. The Kier molecular flexibility index (Phi) is 2.91. The zero-order valence-corrected chi connectivity index (χ0v) is 10.3. The van der Waals surface area contributed by atoms with Gasteiger partial charge in [0.1, 0.15) is 12.5 Å². The van der Waals surface area contributed by atoms with E-state index in [0.717, 1.165) is 25.9 Å². The van der Waals surface area contributed by atoms with Crippen LogP contribution in [0.25, 0.3) is 0 Å². The van der Waals surface area contributed by atoms with Crippen molar-refractivity contribution in [1.29, 1.82) is 0 Å². The van der Waals surface area contributed by atoms with Crippen LogP contribution in [-0.2, 0) is 9.53 Å². The second kappa shape index (κ2) is 4.07. The van der Waals surface area contributed by atoms with Crippen LogP contribution in [0.1, 0.15) is 33.6 Å². The Bertz CT molecular complexity index is 317. The summed E-state index contributed by atoms with van der Waals surface area (Å²) >= 11 is 0. The van der Waals surface area contributed by atoms with Crippen LogP contribution in [0.4, 0.5) is 0 Å². The van der Waals surface area contributed by atoms with Crippen LogP contribution in [-0.4, -0.2) is 41.9 Å². The van der Waals surface area contributed by atoms with Crippen molar-refractivity contribution in [1.82, 2.24) is 4.90 Å². The van der Waals surface area contributed by atoms with E-state index >= 15 is 0 Å². The van der Waals surface area contributed by atoms with E-state index in [9.17, 15) is 4.79 Å². The van der Waals surface area contributed by atoms with Gasteiger partial charge in [-0.1, -0.05) is 0 Å². The Morgan fingerprint density at radius 2 is 2.06 bits per heavy atom. The molecule has 2 aliphatic heterocycles. The molecule has 0 aromatic carbocycles. The quantitative estimate of drug-likeness (QED) is 0.712. The lowest BCUT2D eigenvalue weighted by molar-refractivity contribution is -0.132. The number of carbonyl (C=O) groups is 1. The molecule has 90 valence electrons. The first-order valence-corrected chi connectivity index (χ1v) is 6.01. The minimum absolute atomic E-state index is 0.161. The molecule has 1 amide bonds. The van der Waals surface area contributed by atoms with Crippen LogP contribution in [0.15, 0.2) is 4.99 Å². The number of carbonyl (C=O) groups excluding carboxylic acids is 1. The van der Waals surface area contributed by atoms with Gasteiger partial charge in [0.2, 0.25) is 5.91 Å². The minimum atomic E-state index is -0.222. The van der Waals surface area contributed by atoms with Crippen LogP contribution in [0.2, 0.25) is 0 Å². The first-order chi connectivity index (χ1) is 7.49. The highest BCUT2D eigenvalue weighted by Crippen LogP contribution is 2.22. The third-order valence-corrected chi connectivity index (χ3v) is 3.14. The van der Waals surface area contributed by atoms with Crippen LogP contribution >= 0.6 is 0 Å². The highest BCUT2D eigenvalue weighted by molar-refractivity contribution is 6.00. The Hall–Kier alpha value is -1.06. The Morgan fingerprint density at radius 3 is 2.56 bits per heavy atom. The van der Waals surface area contributed by atoms with Crippen LogP contribution in [0, 0.1) is 5.92 Å². The third-order valence-electron chi connectivity index (χ3n) is 3.14. The second-order valence-electron chi connectivity index (χ2n) is 5.31. The van der Waals surface area contributed by atoms with Crippen molar-refractivity contribution in [3.63, 3.8) is 0 Å². The summed E-state index contributed by atoms with van der Waals surface area (Å²) in [4.78, 5) is 18.5. The van der Waals surface area contributed by atoms with Gasteiger partial charge in [-0.2, -0.15) is 0 Å². The summed E-state index contributed by atoms with van der Waals surface area (Å²) in [5.41, 5.74) is -0.172. The molecule has 0 aromatic rings. The van der Waals surface area contributed by atoms with Crippen molar-refractivity contribution in [2.24, 2.45) is 10.9 Å². The summed E-state index contributed by atoms with van der Waals surface area (Å²) in [6, 6.07) is 0. The lowest BCUT2D eigenvalue weighted by Gasteiger charge is -2.19. The van der Waals surface area contributed by atoms with E-state index in [1.165, 1.54) is 0 Å². The van der Waals surface area contributed by atoms with Crippen LogP contribution < -0.4 is 0 Å². The molecular formula is C12H20N2O2. The zero-order chi connectivity index (χ0) is 11.8. The molecule has 2 heterocycles. The predicted octanol–water partition coefficient (Wildman–Crippen LogP) is 1.45. The van der Waals surface area contributed by atoms with E-state index in [4.69, 9.17) is 4.74 Å². The SMILES string of the molecule is CC(C(=O)N1CCCC1)C1=NC(C)(C)CO1. The number of amides is 1. The van der Waals surface area contributed by atoms with Gasteiger partial charge in [0.15, 0.2) is 5.90 Å². The summed E-state index contributed by atoms with van der Waals surface area (Å²) < 4.78 is 5.51. The average molecular weight is 224 g/mol. The highest BCUT2D eigenvalue weighted by Gasteiger charge is 2.34. The number of hydrogen-bond donors (Lipinski definition) is 0. The summed E-state index contributed by atoms with van der Waals surface area (Å²) in [6.07, 6.45) is 2.24. The number of hydrogen-bond acceptors (Lipinski definition) is 3. The van der Waals surface area contributed by atoms with Gasteiger partial charge >= 0.3 is 0 Å². The first-order valence-electron chi connectivity index (χ1n) is 6.01. The van der Waals surface area contributed by atoms with E-state index in [-0.39, 0.29) is 17.4 Å². The predicted molar refractivity (Wildman–Crippen MR) is 62.4 cm³/mol. The van der Waals surface area contributed by atoms with Gasteiger partial charge in [-0.25, -0.2) is 4.99 Å². The normalized spacial score (nSPS) is 25.2. The van der Waals surface area contributed by atoms with Crippen molar-refractivity contribution in [2.45, 2.75) is 39.2 Å². The molecule has 16 heavy (non-hydrogen) atoms. The second-order valence-corrected chi connectivity index (χ2v) is 5.31. The summed E-state index contributed by atoms with van der Waals surface area (Å²) in [6.45, 7) is 8.29. The van der Waals surface area contributed by atoms with Crippen molar-refractivity contribution in [3.8, 4) is 0 Å². The molecule has 2 aliphatic rings. The molecule has 1 atom stereocenters. The third kappa shape index (κ3) is 2.20. The number of rotatable bonds is 2. The molecule has 0 saturated carbocycles. The maximum absolute atomic E-state index is 12.1. The molecule has 0 bridgehead atoms. The van der Waals surface area contributed by atoms with Gasteiger partial charge in [0.25, 0.3) is 0 Å². The summed E-state index contributed by atoms with van der Waals surface area (Å²) in [5, 5.41) is 0. The molecule has 1 fully saturated rings. The van der Waals surface area contributed by atoms with Gasteiger partial charge in [-0.05, 0) is 33.6 Å². The fourth-order valence-corrected chi connectivity index (χ4v) is 2.15. The Labute approximate surface area is 96.7 Å². The maximum atomic E-state index is 12.1. The lowest BCUT2D eigenvalue weighted by Crippen LogP contribution is -2.36. The molecule has 0 aromatic heterocycles. The fourth-order valence-electron chi connectivity index (χ4n) is 2.15. The fraction of sp³-hybridized carbons (Fsp3) is 0.833. The Morgan fingerprint density at radius 1 is 1.44 bits per heavy atom. The molecule has 4 nitrogen and oxygen atoms in total.